The molecule has 2 N–H and O–H groups in total. The van der Waals surface area contributed by atoms with E-state index in [4.69, 9.17) is 4.74 Å². The van der Waals surface area contributed by atoms with Crippen molar-refractivity contribution in [3.05, 3.63) is 65.7 Å². The lowest BCUT2D eigenvalue weighted by Gasteiger charge is -2.22. The minimum atomic E-state index is -0.374. The number of methoxy groups -OCH3 is 1. The number of hydrogen-bond donors (Lipinski definition) is 2. The highest BCUT2D eigenvalue weighted by Crippen LogP contribution is 2.19. The summed E-state index contributed by atoms with van der Waals surface area (Å²) >= 11 is 0. The summed E-state index contributed by atoms with van der Waals surface area (Å²) in [6, 6.07) is 13.0. The summed E-state index contributed by atoms with van der Waals surface area (Å²) in [6.07, 6.45) is 1.49. The van der Waals surface area contributed by atoms with Gasteiger partial charge in [-0.3, -0.25) is 10.1 Å². The van der Waals surface area contributed by atoms with E-state index in [-0.39, 0.29) is 11.6 Å². The Morgan fingerprint density at radius 3 is 2.79 bits per heavy atom. The maximum Gasteiger partial charge on any atom is 0.193 e. The molecule has 1 heterocycles. The standard InChI is InChI=1S/C20H23FN6O/c1-22-20(27(2)12-15-7-8-18(28-3)17(21)10-15)23-11-14-5-4-6-16(9-14)19-24-13-25-26-19/h4-10,13H,11-12H2,1-3H3,(H,22,23)(H,24,25,26). The van der Waals surface area contributed by atoms with Gasteiger partial charge in [-0.25, -0.2) is 9.37 Å². The number of aromatic nitrogens is 3. The Hall–Kier alpha value is -3.42. The third-order valence-electron chi connectivity index (χ3n) is 4.28. The number of rotatable bonds is 6. The molecule has 0 fully saturated rings. The monoisotopic (exact) mass is 382 g/mol. The summed E-state index contributed by atoms with van der Waals surface area (Å²) in [6.45, 7) is 1.11. The highest BCUT2D eigenvalue weighted by molar-refractivity contribution is 5.79. The van der Waals surface area contributed by atoms with Crippen LogP contribution >= 0.6 is 0 Å². The first kappa shape index (κ1) is 19.3. The summed E-state index contributed by atoms with van der Waals surface area (Å²) < 4.78 is 18.9. The number of halogens is 1. The minimum Gasteiger partial charge on any atom is -0.494 e. The third-order valence-corrected chi connectivity index (χ3v) is 4.28. The zero-order valence-corrected chi connectivity index (χ0v) is 16.1. The molecule has 146 valence electrons. The number of benzene rings is 2. The van der Waals surface area contributed by atoms with Crippen LogP contribution in [0.15, 0.2) is 53.8 Å². The highest BCUT2D eigenvalue weighted by Gasteiger charge is 2.10. The first-order valence-electron chi connectivity index (χ1n) is 8.79. The van der Waals surface area contributed by atoms with E-state index in [0.29, 0.717) is 19.0 Å². The molecule has 1 aromatic heterocycles. The van der Waals surface area contributed by atoms with Gasteiger partial charge in [-0.1, -0.05) is 24.3 Å². The van der Waals surface area contributed by atoms with Crippen LogP contribution in [0.4, 0.5) is 4.39 Å². The Morgan fingerprint density at radius 1 is 1.25 bits per heavy atom. The van der Waals surface area contributed by atoms with Crippen LogP contribution < -0.4 is 10.1 Å². The zero-order valence-electron chi connectivity index (χ0n) is 16.1. The van der Waals surface area contributed by atoms with E-state index in [0.717, 1.165) is 22.5 Å². The van der Waals surface area contributed by atoms with Crippen molar-refractivity contribution in [1.29, 1.82) is 0 Å². The molecule has 8 heteroatoms. The van der Waals surface area contributed by atoms with Crippen molar-refractivity contribution in [1.82, 2.24) is 25.4 Å². The van der Waals surface area contributed by atoms with Crippen LogP contribution in [-0.2, 0) is 13.1 Å². The predicted octanol–water partition coefficient (Wildman–Crippen LogP) is 2.83. The molecule has 0 radical (unpaired) electrons. The normalized spacial score (nSPS) is 11.4. The van der Waals surface area contributed by atoms with Crippen molar-refractivity contribution in [3.8, 4) is 17.1 Å². The highest BCUT2D eigenvalue weighted by atomic mass is 19.1. The van der Waals surface area contributed by atoms with Gasteiger partial charge in [-0.2, -0.15) is 5.10 Å². The number of aromatic amines is 1. The van der Waals surface area contributed by atoms with Crippen LogP contribution in [0, 0.1) is 5.82 Å². The molecule has 2 aromatic carbocycles. The quantitative estimate of drug-likeness (QED) is 0.506. The van der Waals surface area contributed by atoms with E-state index in [2.05, 4.69) is 25.5 Å². The lowest BCUT2D eigenvalue weighted by molar-refractivity contribution is 0.385. The molecule has 0 amide bonds. The molecule has 0 aliphatic carbocycles. The number of ether oxygens (including phenoxy) is 1. The van der Waals surface area contributed by atoms with Crippen LogP contribution in [0.2, 0.25) is 0 Å². The van der Waals surface area contributed by atoms with Gasteiger partial charge in [0, 0.05) is 32.7 Å². The molecular weight excluding hydrogens is 359 g/mol. The van der Waals surface area contributed by atoms with Gasteiger partial charge in [-0.15, -0.1) is 0 Å². The molecule has 3 aromatic rings. The van der Waals surface area contributed by atoms with Crippen LogP contribution in [0.1, 0.15) is 11.1 Å². The van der Waals surface area contributed by atoms with Gasteiger partial charge in [0.2, 0.25) is 0 Å². The molecule has 0 aliphatic rings. The molecular formula is C20H23FN6O. The maximum atomic E-state index is 13.9. The molecule has 28 heavy (non-hydrogen) atoms. The van der Waals surface area contributed by atoms with Gasteiger partial charge < -0.3 is 15.0 Å². The summed E-state index contributed by atoms with van der Waals surface area (Å²) in [5.41, 5.74) is 2.88. The molecule has 3 rings (SSSR count). The van der Waals surface area contributed by atoms with E-state index in [1.54, 1.807) is 13.1 Å². The molecule has 7 nitrogen and oxygen atoms in total. The molecule has 0 aliphatic heterocycles. The minimum absolute atomic E-state index is 0.237. The number of aliphatic imine (C=N–C) groups is 1. The molecule has 0 atom stereocenters. The topological polar surface area (TPSA) is 78.4 Å². The van der Waals surface area contributed by atoms with Crippen LogP contribution in [0.25, 0.3) is 11.4 Å². The number of H-pyrrole nitrogens is 1. The lowest BCUT2D eigenvalue weighted by Crippen LogP contribution is -2.38. The molecule has 0 saturated carbocycles. The summed E-state index contributed by atoms with van der Waals surface area (Å²) in [4.78, 5) is 10.4. The van der Waals surface area contributed by atoms with Gasteiger partial charge in [0.05, 0.1) is 7.11 Å². The maximum absolute atomic E-state index is 13.9. The summed E-state index contributed by atoms with van der Waals surface area (Å²) in [5.74, 6) is 1.30. The molecule has 0 spiro atoms. The Labute approximate surface area is 163 Å². The fourth-order valence-corrected chi connectivity index (χ4v) is 2.90. The Balaban J connectivity index is 1.63. The largest absolute Gasteiger partial charge is 0.494 e. The van der Waals surface area contributed by atoms with E-state index in [1.165, 1.54) is 19.5 Å². The van der Waals surface area contributed by atoms with Crippen molar-refractivity contribution in [2.24, 2.45) is 4.99 Å². The fraction of sp³-hybridized carbons (Fsp3) is 0.250. The van der Waals surface area contributed by atoms with Gasteiger partial charge >= 0.3 is 0 Å². The second-order valence-electron chi connectivity index (χ2n) is 6.26. The summed E-state index contributed by atoms with van der Waals surface area (Å²) in [5, 5.41) is 10.1. The van der Waals surface area contributed by atoms with Crippen LogP contribution in [-0.4, -0.2) is 47.2 Å². The first-order valence-corrected chi connectivity index (χ1v) is 8.79. The molecule has 0 unspecified atom stereocenters. The van der Waals surface area contributed by atoms with E-state index >= 15 is 0 Å². The number of hydrogen-bond acceptors (Lipinski definition) is 4. The Kier molecular flexibility index (Phi) is 6.21. The predicted molar refractivity (Wildman–Crippen MR) is 106 cm³/mol. The molecule has 0 saturated heterocycles. The van der Waals surface area contributed by atoms with Gasteiger partial charge in [-0.05, 0) is 29.3 Å². The molecule has 0 bridgehead atoms. The Bertz CT molecular complexity index is 942. The number of nitrogens with zero attached hydrogens (tertiary/aromatic N) is 4. The van der Waals surface area contributed by atoms with Crippen LogP contribution in [0.5, 0.6) is 5.75 Å². The number of guanidine groups is 1. The number of nitrogens with one attached hydrogen (secondary N) is 2. The lowest BCUT2D eigenvalue weighted by atomic mass is 10.1. The van der Waals surface area contributed by atoms with Crippen molar-refractivity contribution < 1.29 is 9.13 Å². The zero-order chi connectivity index (χ0) is 19.9. The average Bonchev–Trinajstić information content (AvgIpc) is 3.24. The Morgan fingerprint density at radius 2 is 2.11 bits per heavy atom. The average molecular weight is 382 g/mol. The smallest absolute Gasteiger partial charge is 0.193 e. The SMILES string of the molecule is CN=C(NCc1cccc(-c2ncn[nH]2)c1)N(C)Cc1ccc(OC)c(F)c1. The van der Waals surface area contributed by atoms with E-state index in [9.17, 15) is 4.39 Å². The summed E-state index contributed by atoms with van der Waals surface area (Å²) in [7, 11) is 5.08. The fourth-order valence-electron chi connectivity index (χ4n) is 2.90. The second-order valence-corrected chi connectivity index (χ2v) is 6.26. The van der Waals surface area contributed by atoms with Gasteiger partial charge in [0.15, 0.2) is 23.4 Å². The van der Waals surface area contributed by atoms with Crippen molar-refractivity contribution in [2.75, 3.05) is 21.2 Å². The third kappa shape index (κ3) is 4.64. The second kappa shape index (κ2) is 8.98. The van der Waals surface area contributed by atoms with E-state index < -0.39 is 0 Å². The van der Waals surface area contributed by atoms with Gasteiger partial charge in [0.25, 0.3) is 0 Å². The van der Waals surface area contributed by atoms with Crippen molar-refractivity contribution in [3.63, 3.8) is 0 Å². The van der Waals surface area contributed by atoms with Crippen molar-refractivity contribution >= 4 is 5.96 Å². The first-order chi connectivity index (χ1) is 13.6. The van der Waals surface area contributed by atoms with Crippen LogP contribution in [0.3, 0.4) is 0 Å². The van der Waals surface area contributed by atoms with E-state index in [1.807, 2.05) is 42.3 Å². The van der Waals surface area contributed by atoms with Crippen molar-refractivity contribution in [2.45, 2.75) is 13.1 Å². The van der Waals surface area contributed by atoms with Gasteiger partial charge in [0.1, 0.15) is 6.33 Å².